The van der Waals surface area contributed by atoms with Gasteiger partial charge in [0.15, 0.2) is 0 Å². The number of hydrogen-bond acceptors (Lipinski definition) is 6. The molecule has 0 aliphatic heterocycles. The molecule has 0 fully saturated rings. The molecule has 1 aromatic rings. The van der Waals surface area contributed by atoms with Crippen molar-refractivity contribution in [1.29, 1.82) is 0 Å². The number of amides is 1. The molecule has 2 N–H and O–H groups in total. The second-order valence-corrected chi connectivity index (χ2v) is 6.72. The van der Waals surface area contributed by atoms with Crippen molar-refractivity contribution in [3.05, 3.63) is 24.3 Å². The monoisotopic (exact) mass is 358 g/mol. The van der Waals surface area contributed by atoms with Crippen LogP contribution in [0.1, 0.15) is 45.4 Å². The molecule has 7 nitrogen and oxygen atoms in total. The number of carbonyl (C=O) groups is 1. The van der Waals surface area contributed by atoms with Crippen molar-refractivity contribution in [3.63, 3.8) is 0 Å². The third kappa shape index (κ3) is 9.55. The van der Waals surface area contributed by atoms with E-state index in [9.17, 15) is 19.4 Å². The summed E-state index contributed by atoms with van der Waals surface area (Å²) in [6, 6.07) is 5.38. The molecule has 0 saturated carbocycles. The third-order valence-electron chi connectivity index (χ3n) is 3.22. The van der Waals surface area contributed by atoms with E-state index in [1.165, 1.54) is 24.6 Å². The van der Waals surface area contributed by atoms with Gasteiger partial charge in [-0.15, -0.1) is 0 Å². The molecular weight excluding hydrogens is 333 g/mol. The number of rotatable bonds is 12. The molecule has 0 aromatic heterocycles. The van der Waals surface area contributed by atoms with Crippen molar-refractivity contribution in [3.8, 4) is 11.5 Å². The molecule has 1 unspecified atom stereocenters. The molecule has 24 heavy (non-hydrogen) atoms. The molecule has 1 amide bonds. The number of carbonyl (C=O) groups excluding carboxylic acids is 1. The first-order valence-electron chi connectivity index (χ1n) is 8.14. The molecule has 8 heteroatoms. The van der Waals surface area contributed by atoms with Gasteiger partial charge in [-0.3, -0.25) is 9.36 Å². The molecule has 0 radical (unpaired) electrons. The van der Waals surface area contributed by atoms with Crippen molar-refractivity contribution in [2.45, 2.75) is 45.4 Å². The topological polar surface area (TPSA) is 108 Å². The highest BCUT2D eigenvalue weighted by atomic mass is 31.2. The first-order valence-corrected chi connectivity index (χ1v) is 9.60. The molecule has 136 valence electrons. The number of hydrogen-bond donors (Lipinski definition) is 2. The van der Waals surface area contributed by atoms with Crippen LogP contribution in [0.3, 0.4) is 0 Å². The fraction of sp³-hybridized carbons (Fsp3) is 0.562. The number of nitrogens with one attached hydrogen (secondary N) is 1. The van der Waals surface area contributed by atoms with Crippen LogP contribution in [-0.4, -0.2) is 24.2 Å². The van der Waals surface area contributed by atoms with Gasteiger partial charge in [-0.1, -0.05) is 38.7 Å². The Morgan fingerprint density at radius 1 is 1.29 bits per heavy atom. The molecule has 1 aromatic carbocycles. The lowest BCUT2D eigenvalue weighted by Crippen LogP contribution is -2.27. The average molecular weight is 358 g/mol. The van der Waals surface area contributed by atoms with Gasteiger partial charge < -0.3 is 24.4 Å². The molecule has 0 spiro atoms. The maximum Gasteiger partial charge on any atom is 0.319 e. The summed E-state index contributed by atoms with van der Waals surface area (Å²) in [5.74, 6) is -0.270. The van der Waals surface area contributed by atoms with Crippen molar-refractivity contribution in [1.82, 2.24) is 5.32 Å². The fourth-order valence-electron chi connectivity index (χ4n) is 2.02. The van der Waals surface area contributed by atoms with Crippen LogP contribution in [0.4, 0.5) is 0 Å². The molecule has 0 aliphatic rings. The zero-order chi connectivity index (χ0) is 17.8. The van der Waals surface area contributed by atoms with E-state index < -0.39 is 7.82 Å². The fourth-order valence-corrected chi connectivity index (χ4v) is 2.76. The first-order chi connectivity index (χ1) is 11.4. The van der Waals surface area contributed by atoms with E-state index in [2.05, 4.69) is 16.8 Å². The van der Waals surface area contributed by atoms with Gasteiger partial charge in [0.1, 0.15) is 11.5 Å². The second kappa shape index (κ2) is 11.1. The van der Waals surface area contributed by atoms with Gasteiger partial charge in [-0.25, -0.2) is 0 Å². The summed E-state index contributed by atoms with van der Waals surface area (Å²) in [5.41, 5.74) is 0. The Labute approximate surface area is 142 Å². The maximum absolute atomic E-state index is 11.6. The van der Waals surface area contributed by atoms with E-state index in [1.54, 1.807) is 0 Å². The van der Waals surface area contributed by atoms with Crippen LogP contribution < -0.4 is 14.7 Å². The quantitative estimate of drug-likeness (QED) is 0.439. The van der Waals surface area contributed by atoms with Crippen LogP contribution in [0.2, 0.25) is 0 Å². The van der Waals surface area contributed by atoms with E-state index in [1.807, 2.05) is 0 Å². The minimum absolute atomic E-state index is 0.0375. The summed E-state index contributed by atoms with van der Waals surface area (Å²) < 4.78 is 21.0. The zero-order valence-corrected chi connectivity index (χ0v) is 14.8. The van der Waals surface area contributed by atoms with Gasteiger partial charge in [0.25, 0.3) is 0 Å². The lowest BCUT2D eigenvalue weighted by Gasteiger charge is -2.23. The smallest absolute Gasteiger partial charge is 0.319 e. The number of phosphoric acid groups is 1. The Bertz CT molecular complexity index is 551. The Balaban J connectivity index is 2.17. The predicted octanol–water partition coefficient (Wildman–Crippen LogP) is 2.73. The molecule has 0 saturated heterocycles. The maximum atomic E-state index is 11.6. The van der Waals surface area contributed by atoms with E-state index in [0.717, 1.165) is 31.7 Å². The molecule has 0 heterocycles. The number of benzene rings is 1. The average Bonchev–Trinajstić information content (AvgIpc) is 2.51. The minimum atomic E-state index is -4.54. The van der Waals surface area contributed by atoms with E-state index in [0.29, 0.717) is 6.42 Å². The highest BCUT2D eigenvalue weighted by Gasteiger charge is 2.11. The number of phenolic OH excluding ortho intramolecular Hbond substituents is 1. The number of phosphoric ester groups is 1. The Morgan fingerprint density at radius 3 is 2.75 bits per heavy atom. The van der Waals surface area contributed by atoms with Crippen LogP contribution in [0.15, 0.2) is 24.3 Å². The summed E-state index contributed by atoms with van der Waals surface area (Å²) in [7, 11) is -4.54. The summed E-state index contributed by atoms with van der Waals surface area (Å²) in [4.78, 5) is 23.2. The lowest BCUT2D eigenvalue weighted by molar-refractivity contribution is -0.216. The third-order valence-corrected chi connectivity index (χ3v) is 4.15. The van der Waals surface area contributed by atoms with Crippen LogP contribution in [-0.2, 0) is 13.9 Å². The van der Waals surface area contributed by atoms with Crippen molar-refractivity contribution in [2.24, 2.45) is 0 Å². The summed E-state index contributed by atoms with van der Waals surface area (Å²) in [6.07, 6.45) is 5.73. The summed E-state index contributed by atoms with van der Waals surface area (Å²) in [5, 5.41) is 11.8. The van der Waals surface area contributed by atoms with Crippen LogP contribution in [0, 0.1) is 0 Å². The highest BCUT2D eigenvalue weighted by Crippen LogP contribution is 2.39. The van der Waals surface area contributed by atoms with Gasteiger partial charge in [0.05, 0.1) is 6.61 Å². The Kier molecular flexibility index (Phi) is 9.45. The molecule has 0 aliphatic carbocycles. The van der Waals surface area contributed by atoms with Crippen molar-refractivity contribution in [2.75, 3.05) is 13.2 Å². The van der Waals surface area contributed by atoms with E-state index >= 15 is 0 Å². The molecule has 1 atom stereocenters. The number of aromatic hydroxyl groups is 1. The largest absolute Gasteiger partial charge is 0.746 e. The standard InChI is InChI=1S/C16H26NO6P/c1-2-3-4-5-6-10-16(19)17-11-12-22-24(20,21)23-15-9-7-8-14(18)13-15/h7-9,13,18H,2-6,10-12H2,1H3,(H,17,19)(H,20,21)/p-1. The van der Waals surface area contributed by atoms with Gasteiger partial charge in [-0.05, 0) is 18.6 Å². The predicted molar refractivity (Wildman–Crippen MR) is 88.7 cm³/mol. The summed E-state index contributed by atoms with van der Waals surface area (Å²) >= 11 is 0. The lowest BCUT2D eigenvalue weighted by atomic mass is 10.1. The minimum Gasteiger partial charge on any atom is -0.746 e. The molecular formula is C16H25NO6P-. The van der Waals surface area contributed by atoms with Gasteiger partial charge in [0.2, 0.25) is 5.91 Å². The van der Waals surface area contributed by atoms with Crippen LogP contribution in [0.25, 0.3) is 0 Å². The first kappa shape index (κ1) is 20.5. The van der Waals surface area contributed by atoms with Crippen molar-refractivity contribution < 1.29 is 28.4 Å². The molecule has 0 bridgehead atoms. The SMILES string of the molecule is CCCCCCCC(=O)NCCOP(=O)([O-])Oc1cccc(O)c1. The molecule has 1 rings (SSSR count). The summed E-state index contributed by atoms with van der Waals surface area (Å²) in [6.45, 7) is 2.01. The van der Waals surface area contributed by atoms with E-state index in [4.69, 9.17) is 4.52 Å². The van der Waals surface area contributed by atoms with E-state index in [-0.39, 0.29) is 30.6 Å². The van der Waals surface area contributed by atoms with Gasteiger partial charge in [0, 0.05) is 19.0 Å². The Hall–Kier alpha value is -1.56. The van der Waals surface area contributed by atoms with Crippen LogP contribution >= 0.6 is 7.82 Å². The second-order valence-electron chi connectivity index (χ2n) is 5.38. The van der Waals surface area contributed by atoms with Crippen molar-refractivity contribution >= 4 is 13.7 Å². The van der Waals surface area contributed by atoms with Crippen LogP contribution in [0.5, 0.6) is 11.5 Å². The number of unbranched alkanes of at least 4 members (excludes halogenated alkanes) is 4. The zero-order valence-electron chi connectivity index (χ0n) is 13.9. The highest BCUT2D eigenvalue weighted by molar-refractivity contribution is 7.46. The number of phenols is 1. The van der Waals surface area contributed by atoms with Gasteiger partial charge >= 0.3 is 7.82 Å². The van der Waals surface area contributed by atoms with Gasteiger partial charge in [-0.2, -0.15) is 0 Å². The normalized spacial score (nSPS) is 13.2. The Morgan fingerprint density at radius 2 is 2.04 bits per heavy atom.